The van der Waals surface area contributed by atoms with Gasteiger partial charge in [-0.25, -0.2) is 0 Å². The van der Waals surface area contributed by atoms with E-state index in [0.29, 0.717) is 19.4 Å². The van der Waals surface area contributed by atoms with Gasteiger partial charge in [0.15, 0.2) is 0 Å². The Kier molecular flexibility index (Phi) is 4.63. The van der Waals surface area contributed by atoms with Crippen LogP contribution in [0.5, 0.6) is 0 Å². The Hall–Kier alpha value is -3.14. The maximum Gasteiger partial charge on any atom is 0.258 e. The van der Waals surface area contributed by atoms with Gasteiger partial charge >= 0.3 is 0 Å². The van der Waals surface area contributed by atoms with Crippen LogP contribution in [0.25, 0.3) is 10.8 Å². The van der Waals surface area contributed by atoms with Crippen molar-refractivity contribution >= 4 is 28.3 Å². The summed E-state index contributed by atoms with van der Waals surface area (Å²) < 4.78 is 0. The number of benzene rings is 3. The highest BCUT2D eigenvalue weighted by molar-refractivity contribution is 6.25. The molecule has 4 heteroatoms. The second kappa shape index (κ2) is 7.23. The number of nitrogens with one attached hydrogen (secondary N) is 1. The number of hydrogen-bond donors (Lipinski definition) is 1. The van der Waals surface area contributed by atoms with Crippen LogP contribution in [0.4, 0.5) is 5.69 Å². The molecule has 0 saturated carbocycles. The Labute approximate surface area is 158 Å². The van der Waals surface area contributed by atoms with Crippen LogP contribution >= 0.6 is 0 Å². The summed E-state index contributed by atoms with van der Waals surface area (Å²) in [4.78, 5) is 26.8. The van der Waals surface area contributed by atoms with Crippen LogP contribution in [0.15, 0.2) is 66.7 Å². The minimum Gasteiger partial charge on any atom is -0.350 e. The first kappa shape index (κ1) is 17.3. The molecule has 1 N–H and O–H groups in total. The van der Waals surface area contributed by atoms with Crippen molar-refractivity contribution in [2.24, 2.45) is 0 Å². The summed E-state index contributed by atoms with van der Waals surface area (Å²) in [6.45, 7) is 2.52. The number of carbonyl (C=O) groups excluding carboxylic acids is 2. The maximum absolute atomic E-state index is 12.7. The summed E-state index contributed by atoms with van der Waals surface area (Å²) in [5.41, 5.74) is 2.79. The van der Waals surface area contributed by atoms with Crippen LogP contribution in [0.3, 0.4) is 0 Å². The molecule has 0 aliphatic carbocycles. The van der Waals surface area contributed by atoms with E-state index in [1.54, 1.807) is 4.90 Å². The zero-order chi connectivity index (χ0) is 18.8. The van der Waals surface area contributed by atoms with Gasteiger partial charge in [0.05, 0.1) is 11.7 Å². The Bertz CT molecular complexity index is 992. The Morgan fingerprint density at radius 2 is 1.74 bits per heavy atom. The normalized spacial score (nSPS) is 13.8. The third kappa shape index (κ3) is 3.31. The van der Waals surface area contributed by atoms with Crippen molar-refractivity contribution in [3.63, 3.8) is 0 Å². The lowest BCUT2D eigenvalue weighted by atomic mass is 10.1. The van der Waals surface area contributed by atoms with Crippen LogP contribution in [0.2, 0.25) is 0 Å². The molecule has 0 aromatic heterocycles. The standard InChI is InChI=1S/C23H22N2O2/c1-16(17-8-3-2-4-9-17)24-21(26)14-7-15-25-20-13-6-11-18-10-5-12-19(22(18)20)23(25)27/h2-6,8-13,16H,7,14-15H2,1H3,(H,24,26)/t16-/m1/s1. The Morgan fingerprint density at radius 1 is 1.00 bits per heavy atom. The molecule has 27 heavy (non-hydrogen) atoms. The van der Waals surface area contributed by atoms with Crippen LogP contribution in [0.1, 0.15) is 41.7 Å². The lowest BCUT2D eigenvalue weighted by Gasteiger charge is -2.18. The van der Waals surface area contributed by atoms with Gasteiger partial charge in [-0.2, -0.15) is 0 Å². The number of rotatable bonds is 6. The van der Waals surface area contributed by atoms with Gasteiger partial charge in [0, 0.05) is 23.9 Å². The summed E-state index contributed by atoms with van der Waals surface area (Å²) in [6, 6.07) is 21.7. The summed E-state index contributed by atoms with van der Waals surface area (Å²) >= 11 is 0. The number of hydrogen-bond acceptors (Lipinski definition) is 2. The van der Waals surface area contributed by atoms with E-state index in [-0.39, 0.29) is 17.9 Å². The predicted octanol–water partition coefficient (Wildman–Crippen LogP) is 4.46. The highest BCUT2D eigenvalue weighted by Gasteiger charge is 2.29. The van der Waals surface area contributed by atoms with E-state index < -0.39 is 0 Å². The van der Waals surface area contributed by atoms with Crippen molar-refractivity contribution in [2.45, 2.75) is 25.8 Å². The minimum atomic E-state index is -0.0230. The second-order valence-corrected chi connectivity index (χ2v) is 6.94. The molecule has 0 fully saturated rings. The van der Waals surface area contributed by atoms with Crippen molar-refractivity contribution in [3.05, 3.63) is 77.9 Å². The fourth-order valence-corrected chi connectivity index (χ4v) is 3.74. The molecule has 4 nitrogen and oxygen atoms in total. The molecule has 4 rings (SSSR count). The average Bonchev–Trinajstić information content (AvgIpc) is 2.97. The van der Waals surface area contributed by atoms with Gasteiger partial charge in [0.25, 0.3) is 5.91 Å². The fourth-order valence-electron chi connectivity index (χ4n) is 3.74. The average molecular weight is 358 g/mol. The SMILES string of the molecule is C[C@@H](NC(=O)CCCN1C(=O)c2cccc3cccc1c23)c1ccccc1. The highest BCUT2D eigenvalue weighted by Crippen LogP contribution is 2.37. The molecular weight excluding hydrogens is 336 g/mol. The van der Waals surface area contributed by atoms with Gasteiger partial charge in [0.1, 0.15) is 0 Å². The summed E-state index contributed by atoms with van der Waals surface area (Å²) in [5, 5.41) is 5.13. The monoisotopic (exact) mass is 358 g/mol. The Morgan fingerprint density at radius 3 is 2.52 bits per heavy atom. The molecule has 1 heterocycles. The van der Waals surface area contributed by atoms with E-state index in [1.165, 1.54) is 0 Å². The predicted molar refractivity (Wildman–Crippen MR) is 108 cm³/mol. The topological polar surface area (TPSA) is 49.4 Å². The van der Waals surface area contributed by atoms with Gasteiger partial charge in [-0.15, -0.1) is 0 Å². The van der Waals surface area contributed by atoms with E-state index in [1.807, 2.05) is 73.7 Å². The second-order valence-electron chi connectivity index (χ2n) is 6.94. The zero-order valence-corrected chi connectivity index (χ0v) is 15.3. The molecule has 1 atom stereocenters. The van der Waals surface area contributed by atoms with E-state index in [9.17, 15) is 9.59 Å². The van der Waals surface area contributed by atoms with E-state index in [4.69, 9.17) is 0 Å². The number of nitrogens with zero attached hydrogens (tertiary/aromatic N) is 1. The number of amides is 2. The Balaban J connectivity index is 1.37. The zero-order valence-electron chi connectivity index (χ0n) is 15.3. The van der Waals surface area contributed by atoms with Crippen LogP contribution in [-0.4, -0.2) is 18.4 Å². The molecule has 1 aliphatic heterocycles. The van der Waals surface area contributed by atoms with Crippen molar-refractivity contribution in [3.8, 4) is 0 Å². The molecule has 0 spiro atoms. The van der Waals surface area contributed by atoms with Gasteiger partial charge < -0.3 is 10.2 Å². The summed E-state index contributed by atoms with van der Waals surface area (Å²) in [5.74, 6) is 0.0357. The van der Waals surface area contributed by atoms with Crippen molar-refractivity contribution in [1.82, 2.24) is 5.32 Å². The van der Waals surface area contributed by atoms with Crippen molar-refractivity contribution in [2.75, 3.05) is 11.4 Å². The van der Waals surface area contributed by atoms with Gasteiger partial charge in [-0.3, -0.25) is 9.59 Å². The van der Waals surface area contributed by atoms with E-state index in [0.717, 1.165) is 27.6 Å². The van der Waals surface area contributed by atoms with E-state index in [2.05, 4.69) is 5.32 Å². The third-order valence-corrected chi connectivity index (χ3v) is 5.11. The van der Waals surface area contributed by atoms with E-state index >= 15 is 0 Å². The summed E-state index contributed by atoms with van der Waals surface area (Å²) in [7, 11) is 0. The van der Waals surface area contributed by atoms with Crippen LogP contribution in [-0.2, 0) is 4.79 Å². The molecule has 0 bridgehead atoms. The van der Waals surface area contributed by atoms with Gasteiger partial charge in [-0.1, -0.05) is 54.6 Å². The molecule has 3 aromatic carbocycles. The van der Waals surface area contributed by atoms with Crippen LogP contribution in [0, 0.1) is 0 Å². The largest absolute Gasteiger partial charge is 0.350 e. The lowest BCUT2D eigenvalue weighted by Crippen LogP contribution is -2.30. The molecule has 0 saturated heterocycles. The molecule has 2 amide bonds. The number of anilines is 1. The lowest BCUT2D eigenvalue weighted by molar-refractivity contribution is -0.121. The molecule has 0 unspecified atom stereocenters. The van der Waals surface area contributed by atoms with Crippen molar-refractivity contribution < 1.29 is 9.59 Å². The minimum absolute atomic E-state index is 0.00808. The van der Waals surface area contributed by atoms with Gasteiger partial charge in [-0.05, 0) is 36.4 Å². The van der Waals surface area contributed by atoms with Crippen molar-refractivity contribution in [1.29, 1.82) is 0 Å². The summed E-state index contributed by atoms with van der Waals surface area (Å²) in [6.07, 6.45) is 1.02. The molecule has 3 aromatic rings. The first-order chi connectivity index (χ1) is 13.1. The first-order valence-corrected chi connectivity index (χ1v) is 9.33. The number of carbonyl (C=O) groups is 2. The maximum atomic E-state index is 12.7. The molecule has 0 radical (unpaired) electrons. The quantitative estimate of drug-likeness (QED) is 0.707. The van der Waals surface area contributed by atoms with Crippen LogP contribution < -0.4 is 10.2 Å². The first-order valence-electron chi connectivity index (χ1n) is 9.33. The molecular formula is C23H22N2O2. The third-order valence-electron chi connectivity index (χ3n) is 5.11. The van der Waals surface area contributed by atoms with Gasteiger partial charge in [0.2, 0.25) is 5.91 Å². The smallest absolute Gasteiger partial charge is 0.258 e. The molecule has 1 aliphatic rings. The fraction of sp³-hybridized carbons (Fsp3) is 0.217. The highest BCUT2D eigenvalue weighted by atomic mass is 16.2. The molecule has 136 valence electrons.